The predicted octanol–water partition coefficient (Wildman–Crippen LogP) is 15.3. The van der Waals surface area contributed by atoms with Crippen LogP contribution >= 0.6 is 11.3 Å². The first-order valence-corrected chi connectivity index (χ1v) is 22.2. The fourth-order valence-corrected chi connectivity index (χ4v) is 14.5. The van der Waals surface area contributed by atoms with Gasteiger partial charge in [-0.25, -0.2) is 0 Å². The van der Waals surface area contributed by atoms with Crippen LogP contribution in [0.15, 0.2) is 127 Å². The van der Waals surface area contributed by atoms with Gasteiger partial charge in [-0.1, -0.05) is 113 Å². The van der Waals surface area contributed by atoms with Gasteiger partial charge in [0.2, 0.25) is 0 Å². The number of thiophene rings is 1. The Kier molecular flexibility index (Phi) is 6.99. The van der Waals surface area contributed by atoms with Gasteiger partial charge in [0.1, 0.15) is 0 Å². The van der Waals surface area contributed by atoms with Crippen molar-refractivity contribution >= 4 is 48.6 Å². The van der Waals surface area contributed by atoms with Gasteiger partial charge >= 0.3 is 0 Å². The largest absolute Gasteiger partial charge is 0.310 e. The fourth-order valence-electron chi connectivity index (χ4n) is 13.4. The van der Waals surface area contributed by atoms with Crippen LogP contribution in [0.2, 0.25) is 0 Å². The van der Waals surface area contributed by atoms with Crippen LogP contribution in [0.4, 0.5) is 17.1 Å². The van der Waals surface area contributed by atoms with E-state index in [4.69, 9.17) is 0 Å². The molecule has 6 aromatic carbocycles. The SMILES string of the molecule is CC1(C)CCC(C)(C)c2c(N(c3ccc(-c4ccc5c(c4)C4(c6ccccc6-5)C5CC6CC(C5)CC4C6)cc3)c3cccc4sc5ccccc5c34)cccc21. The van der Waals surface area contributed by atoms with E-state index in [1.165, 1.54) is 116 Å². The van der Waals surface area contributed by atoms with Crippen LogP contribution in [0.5, 0.6) is 0 Å². The second kappa shape index (κ2) is 11.7. The van der Waals surface area contributed by atoms with Gasteiger partial charge in [0.25, 0.3) is 0 Å². The fraction of sp³-hybridized carbons (Fsp3) is 0.333. The molecule has 1 nitrogen and oxygen atoms in total. The van der Waals surface area contributed by atoms with E-state index in [2.05, 4.69) is 160 Å². The van der Waals surface area contributed by atoms with Crippen molar-refractivity contribution in [3.8, 4) is 22.3 Å². The van der Waals surface area contributed by atoms with Crippen LogP contribution in [0.3, 0.4) is 0 Å². The smallest absolute Gasteiger partial charge is 0.0554 e. The molecule has 4 fully saturated rings. The van der Waals surface area contributed by atoms with Crippen molar-refractivity contribution in [3.05, 3.63) is 150 Å². The van der Waals surface area contributed by atoms with Crippen LogP contribution in [0, 0.1) is 23.7 Å². The quantitative estimate of drug-likeness (QED) is 0.173. The van der Waals surface area contributed by atoms with Gasteiger partial charge in [0.15, 0.2) is 0 Å². The summed E-state index contributed by atoms with van der Waals surface area (Å²) >= 11 is 1.91. The van der Waals surface area contributed by atoms with Crippen LogP contribution in [-0.4, -0.2) is 0 Å². The number of fused-ring (bicyclic) bond motifs is 7. The van der Waals surface area contributed by atoms with E-state index in [1.54, 1.807) is 11.1 Å². The summed E-state index contributed by atoms with van der Waals surface area (Å²) in [5, 5.41) is 2.69. The molecule has 6 aliphatic rings. The molecule has 0 saturated heterocycles. The molecule has 6 aliphatic carbocycles. The molecule has 0 atom stereocenters. The van der Waals surface area contributed by atoms with Crippen molar-refractivity contribution in [2.24, 2.45) is 23.7 Å². The minimum Gasteiger partial charge on any atom is -0.310 e. The summed E-state index contributed by atoms with van der Waals surface area (Å²) < 4.78 is 2.69. The van der Waals surface area contributed by atoms with Crippen molar-refractivity contribution in [1.82, 2.24) is 0 Å². The Morgan fingerprint density at radius 1 is 0.518 bits per heavy atom. The standard InChI is InChI=1S/C54H51NS/c1-52(2)25-26-53(3,4)51-44(52)14-9-16-47(51)55(46-15-10-18-49-50(46)42-12-6-8-17-48(42)56-49)39-22-19-35(20-23-39)36-21-24-41-40-11-5-7-13-43(40)54(45(41)32-36)37-28-33-27-34(30-37)31-38(54)29-33/h5-24,32-34,37-38H,25-31H2,1-4H3. The maximum absolute atomic E-state index is 2.64. The second-order valence-electron chi connectivity index (χ2n) is 19.6. The van der Waals surface area contributed by atoms with Crippen molar-refractivity contribution in [2.45, 2.75) is 88.9 Å². The summed E-state index contributed by atoms with van der Waals surface area (Å²) in [6.45, 7) is 9.82. The summed E-state index contributed by atoms with van der Waals surface area (Å²) in [6.07, 6.45) is 9.52. The average molecular weight is 746 g/mol. The van der Waals surface area contributed by atoms with E-state index in [-0.39, 0.29) is 16.2 Å². The molecule has 56 heavy (non-hydrogen) atoms. The highest BCUT2D eigenvalue weighted by molar-refractivity contribution is 7.26. The Balaban J connectivity index is 1.02. The number of hydrogen-bond acceptors (Lipinski definition) is 2. The van der Waals surface area contributed by atoms with Crippen LogP contribution in [0.1, 0.15) is 94.9 Å². The summed E-state index contributed by atoms with van der Waals surface area (Å²) in [5.41, 5.74) is 16.1. The number of rotatable bonds is 4. The molecular formula is C54H51NS. The zero-order valence-corrected chi connectivity index (χ0v) is 34.1. The lowest BCUT2D eigenvalue weighted by molar-refractivity contribution is -0.0399. The van der Waals surface area contributed by atoms with Crippen molar-refractivity contribution in [1.29, 1.82) is 0 Å². The summed E-state index contributed by atoms with van der Waals surface area (Å²) in [7, 11) is 0. The van der Waals surface area contributed by atoms with E-state index >= 15 is 0 Å². The average Bonchev–Trinajstić information content (AvgIpc) is 3.73. The molecule has 0 aliphatic heterocycles. The first-order chi connectivity index (χ1) is 27.2. The predicted molar refractivity (Wildman–Crippen MR) is 238 cm³/mol. The van der Waals surface area contributed by atoms with Gasteiger partial charge < -0.3 is 4.90 Å². The lowest BCUT2D eigenvalue weighted by Crippen LogP contribution is -2.55. The highest BCUT2D eigenvalue weighted by Gasteiger charge is 2.61. The molecule has 1 spiro atoms. The second-order valence-corrected chi connectivity index (χ2v) is 20.7. The Morgan fingerprint density at radius 2 is 1.14 bits per heavy atom. The third-order valence-electron chi connectivity index (χ3n) is 15.7. The first kappa shape index (κ1) is 33.5. The molecule has 1 aromatic heterocycles. The Bertz CT molecular complexity index is 2700. The van der Waals surface area contributed by atoms with Crippen molar-refractivity contribution in [3.63, 3.8) is 0 Å². The van der Waals surface area contributed by atoms with E-state index < -0.39 is 0 Å². The number of hydrogen-bond donors (Lipinski definition) is 0. The molecule has 0 unspecified atom stereocenters. The zero-order valence-electron chi connectivity index (χ0n) is 33.2. The summed E-state index contributed by atoms with van der Waals surface area (Å²) in [5.74, 6) is 3.44. The number of anilines is 3. The van der Waals surface area contributed by atoms with Gasteiger partial charge in [0, 0.05) is 31.3 Å². The molecule has 0 amide bonds. The molecule has 0 radical (unpaired) electrons. The third kappa shape index (κ3) is 4.54. The van der Waals surface area contributed by atoms with E-state index in [1.807, 2.05) is 11.3 Å². The van der Waals surface area contributed by atoms with Gasteiger partial charge in [-0.05, 0) is 166 Å². The van der Waals surface area contributed by atoms with E-state index in [0.29, 0.717) is 0 Å². The first-order valence-electron chi connectivity index (χ1n) is 21.4. The minimum atomic E-state index is 0.0557. The molecule has 0 N–H and O–H groups in total. The zero-order chi connectivity index (χ0) is 37.6. The lowest BCUT2D eigenvalue weighted by Gasteiger charge is -2.61. The van der Waals surface area contributed by atoms with Gasteiger partial charge in [-0.2, -0.15) is 0 Å². The normalized spacial score (nSPS) is 26.1. The van der Waals surface area contributed by atoms with Crippen molar-refractivity contribution < 1.29 is 0 Å². The van der Waals surface area contributed by atoms with E-state index in [9.17, 15) is 0 Å². The van der Waals surface area contributed by atoms with Gasteiger partial charge in [0.05, 0.1) is 11.4 Å². The molecule has 4 bridgehead atoms. The Labute approximate surface area is 336 Å². The molecule has 4 saturated carbocycles. The third-order valence-corrected chi connectivity index (χ3v) is 16.8. The highest BCUT2D eigenvalue weighted by Crippen LogP contribution is 2.69. The molecule has 2 heteroatoms. The Morgan fingerprint density at radius 3 is 1.95 bits per heavy atom. The van der Waals surface area contributed by atoms with Crippen molar-refractivity contribution in [2.75, 3.05) is 4.90 Å². The molecule has 7 aromatic rings. The van der Waals surface area contributed by atoms with Crippen LogP contribution in [0.25, 0.3) is 42.4 Å². The lowest BCUT2D eigenvalue weighted by atomic mass is 9.43. The number of nitrogens with zero attached hydrogens (tertiary/aromatic N) is 1. The molecular weight excluding hydrogens is 695 g/mol. The van der Waals surface area contributed by atoms with Crippen LogP contribution in [-0.2, 0) is 16.2 Å². The summed E-state index contributed by atoms with van der Waals surface area (Å²) in [6, 6.07) is 49.7. The van der Waals surface area contributed by atoms with Crippen LogP contribution < -0.4 is 4.90 Å². The molecule has 278 valence electrons. The topological polar surface area (TPSA) is 3.24 Å². The highest BCUT2D eigenvalue weighted by atomic mass is 32.1. The maximum atomic E-state index is 2.64. The minimum absolute atomic E-state index is 0.0557. The summed E-state index contributed by atoms with van der Waals surface area (Å²) in [4.78, 5) is 2.61. The van der Waals surface area contributed by atoms with Gasteiger partial charge in [-0.15, -0.1) is 11.3 Å². The monoisotopic (exact) mass is 745 g/mol. The number of benzene rings is 6. The maximum Gasteiger partial charge on any atom is 0.0554 e. The Hall–Kier alpha value is -4.66. The van der Waals surface area contributed by atoms with Gasteiger partial charge in [-0.3, -0.25) is 0 Å². The van der Waals surface area contributed by atoms with E-state index in [0.717, 1.165) is 23.7 Å². The molecule has 1 heterocycles. The molecule has 13 rings (SSSR count).